The van der Waals surface area contributed by atoms with Gasteiger partial charge in [-0.05, 0) is 43.3 Å². The van der Waals surface area contributed by atoms with Crippen LogP contribution in [0.5, 0.6) is 11.8 Å². The van der Waals surface area contributed by atoms with Crippen molar-refractivity contribution in [1.29, 1.82) is 0 Å². The van der Waals surface area contributed by atoms with Gasteiger partial charge in [0.05, 0.1) is 29.5 Å². The van der Waals surface area contributed by atoms with Crippen LogP contribution in [0, 0.1) is 0 Å². The first-order valence-electron chi connectivity index (χ1n) is 11.3. The molecule has 5 aromatic rings. The Morgan fingerprint density at radius 3 is 2.51 bits per heavy atom. The quantitative estimate of drug-likeness (QED) is 0.311. The van der Waals surface area contributed by atoms with Crippen molar-refractivity contribution in [2.24, 2.45) is 7.05 Å². The van der Waals surface area contributed by atoms with Crippen LogP contribution < -0.4 is 15.0 Å². The molecule has 0 saturated heterocycles. The first-order valence-corrected chi connectivity index (χ1v) is 11.3. The van der Waals surface area contributed by atoms with Crippen molar-refractivity contribution in [1.82, 2.24) is 29.1 Å². The Balaban J connectivity index is 1.72. The van der Waals surface area contributed by atoms with Gasteiger partial charge in [0.2, 0.25) is 0 Å². The van der Waals surface area contributed by atoms with E-state index in [1.165, 1.54) is 35.0 Å². The summed E-state index contributed by atoms with van der Waals surface area (Å²) in [4.78, 5) is 31.6. The van der Waals surface area contributed by atoms with E-state index in [0.717, 1.165) is 16.9 Å². The second-order valence-electron chi connectivity index (χ2n) is 7.99. The Morgan fingerprint density at radius 2 is 1.81 bits per heavy atom. The summed E-state index contributed by atoms with van der Waals surface area (Å²) in [5.41, 5.74) is 2.74. The molecule has 0 saturated carbocycles. The minimum atomic E-state index is -2.96. The highest BCUT2D eigenvalue weighted by Crippen LogP contribution is 2.25. The lowest BCUT2D eigenvalue weighted by molar-refractivity contribution is -0.0498. The smallest absolute Gasteiger partial charge is 0.387 e. The van der Waals surface area contributed by atoms with E-state index < -0.39 is 12.2 Å². The van der Waals surface area contributed by atoms with E-state index in [4.69, 9.17) is 9.47 Å². The molecule has 3 aromatic heterocycles. The number of alkyl halides is 2. The normalized spacial score (nSPS) is 11.5. The number of imidazole rings is 1. The van der Waals surface area contributed by atoms with E-state index in [-0.39, 0.29) is 23.1 Å². The average molecular weight is 508 g/mol. The summed E-state index contributed by atoms with van der Waals surface area (Å²) in [6, 6.07) is 11.2. The molecule has 0 aliphatic rings. The van der Waals surface area contributed by atoms with Crippen LogP contribution in [0.25, 0.3) is 39.1 Å². The maximum absolute atomic E-state index is 13.8. The molecular weight excluding hydrogens is 486 g/mol. The summed E-state index contributed by atoms with van der Waals surface area (Å²) >= 11 is 0. The fraction of sp³-hybridized carbons (Fsp3) is 0.240. The zero-order valence-corrected chi connectivity index (χ0v) is 20.2. The topological polar surface area (TPSA) is 106 Å². The zero-order valence-electron chi connectivity index (χ0n) is 20.2. The lowest BCUT2D eigenvalue weighted by atomic mass is 10.1. The summed E-state index contributed by atoms with van der Waals surface area (Å²) < 4.78 is 43.6. The van der Waals surface area contributed by atoms with Crippen molar-refractivity contribution >= 4 is 22.2 Å². The molecule has 0 amide bonds. The zero-order chi connectivity index (χ0) is 26.1. The molecule has 0 spiro atoms. The number of hydrogen-bond acceptors (Lipinski definition) is 8. The van der Waals surface area contributed by atoms with Crippen LogP contribution in [-0.2, 0) is 18.4 Å². The number of ether oxygens (including phenoxy) is 3. The Labute approximate surface area is 209 Å². The van der Waals surface area contributed by atoms with Gasteiger partial charge in [0.25, 0.3) is 5.56 Å². The molecule has 0 N–H and O–H groups in total. The van der Waals surface area contributed by atoms with E-state index in [9.17, 15) is 13.6 Å². The number of nitrogens with zero attached hydrogens (tertiary/aromatic N) is 6. The molecule has 0 atom stereocenters. The number of fused-ring (bicyclic) bond motifs is 2. The Bertz CT molecular complexity index is 1650. The van der Waals surface area contributed by atoms with E-state index in [0.29, 0.717) is 30.0 Å². The van der Waals surface area contributed by atoms with Gasteiger partial charge in [-0.2, -0.15) is 13.8 Å². The average Bonchev–Trinajstić information content (AvgIpc) is 3.19. The number of halogens is 2. The van der Waals surface area contributed by atoms with E-state index in [2.05, 4.69) is 24.7 Å². The first-order chi connectivity index (χ1) is 17.9. The Hall–Kier alpha value is -4.45. The molecule has 0 bridgehead atoms. The minimum Gasteiger partial charge on any atom is -0.464 e. The summed E-state index contributed by atoms with van der Waals surface area (Å²) in [5, 5.41) is 0. The van der Waals surface area contributed by atoms with Gasteiger partial charge < -0.3 is 18.8 Å². The lowest BCUT2D eigenvalue weighted by Gasteiger charge is -2.13. The van der Waals surface area contributed by atoms with Gasteiger partial charge in [-0.25, -0.2) is 15.0 Å². The Morgan fingerprint density at radius 1 is 1.03 bits per heavy atom. The molecule has 3 heterocycles. The summed E-state index contributed by atoms with van der Waals surface area (Å²) in [7, 11) is 3.46. The van der Waals surface area contributed by atoms with Gasteiger partial charge >= 0.3 is 12.6 Å². The van der Waals surface area contributed by atoms with Crippen LogP contribution in [0.3, 0.4) is 0 Å². The van der Waals surface area contributed by atoms with Crippen molar-refractivity contribution in [3.8, 4) is 28.7 Å². The van der Waals surface area contributed by atoms with Crippen molar-refractivity contribution < 1.29 is 23.0 Å². The molecule has 12 heteroatoms. The van der Waals surface area contributed by atoms with Crippen LogP contribution in [0.1, 0.15) is 12.7 Å². The molecule has 37 heavy (non-hydrogen) atoms. The van der Waals surface area contributed by atoms with Gasteiger partial charge in [-0.1, -0.05) is 6.07 Å². The maximum Gasteiger partial charge on any atom is 0.387 e. The van der Waals surface area contributed by atoms with E-state index >= 15 is 0 Å². The molecule has 0 aliphatic heterocycles. The predicted octanol–water partition coefficient (Wildman–Crippen LogP) is 3.88. The predicted molar refractivity (Wildman–Crippen MR) is 131 cm³/mol. The monoisotopic (exact) mass is 508 g/mol. The molecule has 0 unspecified atom stereocenters. The van der Waals surface area contributed by atoms with Crippen LogP contribution in [0.4, 0.5) is 8.78 Å². The third-order valence-electron chi connectivity index (χ3n) is 5.69. The number of hydrogen-bond donors (Lipinski definition) is 0. The van der Waals surface area contributed by atoms with Crippen molar-refractivity contribution in [2.45, 2.75) is 20.1 Å². The molecule has 2 aromatic carbocycles. The molecular formula is C25H22F2N6O4. The highest BCUT2D eigenvalue weighted by Gasteiger charge is 2.19. The number of aromatic nitrogens is 6. The maximum atomic E-state index is 13.8. The van der Waals surface area contributed by atoms with Crippen LogP contribution >= 0.6 is 0 Å². The molecule has 0 aliphatic carbocycles. The van der Waals surface area contributed by atoms with Crippen molar-refractivity contribution in [2.75, 3.05) is 13.7 Å². The standard InChI is InChI=1S/C25H22F2N6O4/c1-4-36-25-28-12-18-22(31-25)33(15-6-8-16(9-7-15)37-24(26)27)23(34)21(30-18)14-5-10-17-19(11-14)32(2)20(29-17)13-35-3/h5-12,24H,4,13H2,1-3H3. The lowest BCUT2D eigenvalue weighted by Crippen LogP contribution is -2.23. The van der Waals surface area contributed by atoms with E-state index in [1.807, 2.05) is 23.7 Å². The fourth-order valence-corrected chi connectivity index (χ4v) is 4.01. The highest BCUT2D eigenvalue weighted by atomic mass is 19.3. The summed E-state index contributed by atoms with van der Waals surface area (Å²) in [6.07, 6.45) is 1.47. The molecule has 5 rings (SSSR count). The van der Waals surface area contributed by atoms with Gasteiger partial charge in [0.15, 0.2) is 5.65 Å². The molecule has 0 radical (unpaired) electrons. The van der Waals surface area contributed by atoms with Gasteiger partial charge in [0.1, 0.15) is 29.4 Å². The number of methoxy groups -OCH3 is 1. The van der Waals surface area contributed by atoms with Gasteiger partial charge in [0, 0.05) is 19.7 Å². The molecule has 0 fully saturated rings. The van der Waals surface area contributed by atoms with Crippen LogP contribution in [0.2, 0.25) is 0 Å². The van der Waals surface area contributed by atoms with Crippen LogP contribution in [0.15, 0.2) is 53.5 Å². The molecule has 10 nitrogen and oxygen atoms in total. The van der Waals surface area contributed by atoms with Gasteiger partial charge in [-0.3, -0.25) is 9.36 Å². The van der Waals surface area contributed by atoms with E-state index in [1.54, 1.807) is 20.1 Å². The second-order valence-corrected chi connectivity index (χ2v) is 7.99. The second kappa shape index (κ2) is 9.90. The highest BCUT2D eigenvalue weighted by molar-refractivity contribution is 5.83. The number of rotatable bonds is 8. The van der Waals surface area contributed by atoms with Gasteiger partial charge in [-0.15, -0.1) is 0 Å². The third kappa shape index (κ3) is 4.58. The largest absolute Gasteiger partial charge is 0.464 e. The van der Waals surface area contributed by atoms with Crippen molar-refractivity contribution in [3.63, 3.8) is 0 Å². The third-order valence-corrected chi connectivity index (χ3v) is 5.69. The minimum absolute atomic E-state index is 0.0384. The van der Waals surface area contributed by atoms with Crippen molar-refractivity contribution in [3.05, 3.63) is 64.8 Å². The molecule has 190 valence electrons. The Kier molecular flexibility index (Phi) is 6.49. The fourth-order valence-electron chi connectivity index (χ4n) is 4.01. The number of benzene rings is 2. The first kappa shape index (κ1) is 24.3. The SMILES string of the molecule is CCOc1ncc2nc(-c3ccc4nc(COC)n(C)c4c3)c(=O)n(-c3ccc(OC(F)F)cc3)c2n1. The number of aryl methyl sites for hydroxylation is 1. The summed E-state index contributed by atoms with van der Waals surface area (Å²) in [6.45, 7) is -0.506. The van der Waals surface area contributed by atoms with Crippen LogP contribution in [-0.4, -0.2) is 49.4 Å². The summed E-state index contributed by atoms with van der Waals surface area (Å²) in [5.74, 6) is 0.699.